The minimum Gasteiger partial charge on any atom is -0.311 e. The summed E-state index contributed by atoms with van der Waals surface area (Å²) in [6.45, 7) is 4.92. The van der Waals surface area contributed by atoms with Crippen LogP contribution in [0, 0.1) is 0 Å². The van der Waals surface area contributed by atoms with Crippen LogP contribution in [0.15, 0.2) is 18.3 Å². The number of likely N-dealkylation sites (N-methyl/N-ethyl adjacent to an activating group) is 1. The first-order valence-electron chi connectivity index (χ1n) is 7.14. The molecule has 0 aliphatic heterocycles. The summed E-state index contributed by atoms with van der Waals surface area (Å²) in [5.74, 6) is 0. The molecule has 0 spiro atoms. The molecule has 0 saturated carbocycles. The molecule has 0 amide bonds. The predicted octanol–water partition coefficient (Wildman–Crippen LogP) is 3.67. The predicted molar refractivity (Wildman–Crippen MR) is 87.0 cm³/mol. The first kappa shape index (κ1) is 16.3. The van der Waals surface area contributed by atoms with E-state index >= 15 is 0 Å². The molecule has 21 heavy (non-hydrogen) atoms. The van der Waals surface area contributed by atoms with Gasteiger partial charge < -0.3 is 5.32 Å². The van der Waals surface area contributed by atoms with Gasteiger partial charge in [0.2, 0.25) is 0 Å². The molecule has 2 aromatic heterocycles. The third-order valence-corrected chi connectivity index (χ3v) is 4.31. The fraction of sp³-hybridized carbons (Fsp3) is 0.467. The maximum Gasteiger partial charge on any atom is 0.0850 e. The zero-order chi connectivity index (χ0) is 15.4. The van der Waals surface area contributed by atoms with Crippen LogP contribution in [0.2, 0.25) is 10.0 Å². The number of halogens is 2. The molecule has 0 saturated heterocycles. The van der Waals surface area contributed by atoms with Crippen molar-refractivity contribution in [2.75, 3.05) is 7.05 Å². The van der Waals surface area contributed by atoms with Crippen molar-refractivity contribution in [3.8, 4) is 0 Å². The maximum absolute atomic E-state index is 6.47. The molecule has 1 atom stereocenters. The lowest BCUT2D eigenvalue weighted by atomic mass is 10.1. The Balaban J connectivity index is 2.35. The molecule has 114 valence electrons. The number of nitrogens with one attached hydrogen (secondary N) is 1. The van der Waals surface area contributed by atoms with Crippen molar-refractivity contribution in [1.29, 1.82) is 0 Å². The zero-order valence-corrected chi connectivity index (χ0v) is 14.0. The summed E-state index contributed by atoms with van der Waals surface area (Å²) in [6.07, 6.45) is 3.28. The van der Waals surface area contributed by atoms with E-state index in [9.17, 15) is 0 Å². The van der Waals surface area contributed by atoms with Crippen LogP contribution < -0.4 is 5.32 Å². The Hall–Kier alpha value is -1.10. The van der Waals surface area contributed by atoms with Gasteiger partial charge >= 0.3 is 0 Å². The van der Waals surface area contributed by atoms with Crippen molar-refractivity contribution in [2.24, 2.45) is 0 Å². The SMILES string of the molecule is CCc1nn(CC)c(CC(NC)c2ncccc2Cl)c1Cl. The van der Waals surface area contributed by atoms with E-state index in [-0.39, 0.29) is 6.04 Å². The van der Waals surface area contributed by atoms with Gasteiger partial charge in [-0.15, -0.1) is 0 Å². The van der Waals surface area contributed by atoms with Crippen LogP contribution >= 0.6 is 23.2 Å². The van der Waals surface area contributed by atoms with Gasteiger partial charge in [0.25, 0.3) is 0 Å². The molecule has 0 bridgehead atoms. The Labute approximate surface area is 135 Å². The monoisotopic (exact) mass is 326 g/mol. The average Bonchev–Trinajstić information content (AvgIpc) is 2.81. The smallest absolute Gasteiger partial charge is 0.0850 e. The number of rotatable bonds is 6. The van der Waals surface area contributed by atoms with Gasteiger partial charge in [-0.3, -0.25) is 9.67 Å². The molecular weight excluding hydrogens is 307 g/mol. The Bertz CT molecular complexity index is 610. The van der Waals surface area contributed by atoms with Gasteiger partial charge in [-0.05, 0) is 32.5 Å². The number of aromatic nitrogens is 3. The lowest BCUT2D eigenvalue weighted by Gasteiger charge is -2.17. The molecule has 2 aromatic rings. The summed E-state index contributed by atoms with van der Waals surface area (Å²) in [5.41, 5.74) is 2.80. The normalized spacial score (nSPS) is 12.6. The molecule has 1 unspecified atom stereocenters. The maximum atomic E-state index is 6.47. The van der Waals surface area contributed by atoms with Crippen LogP contribution in [0.1, 0.15) is 37.0 Å². The van der Waals surface area contributed by atoms with Gasteiger partial charge in [0.05, 0.1) is 33.2 Å². The summed E-state index contributed by atoms with van der Waals surface area (Å²) in [4.78, 5) is 4.39. The van der Waals surface area contributed by atoms with E-state index < -0.39 is 0 Å². The summed E-state index contributed by atoms with van der Waals surface area (Å²) in [7, 11) is 1.90. The molecule has 0 aliphatic carbocycles. The number of pyridine rings is 1. The summed E-state index contributed by atoms with van der Waals surface area (Å²) in [5, 5.41) is 9.24. The van der Waals surface area contributed by atoms with Gasteiger partial charge in [-0.1, -0.05) is 30.1 Å². The van der Waals surface area contributed by atoms with Crippen LogP contribution in [0.4, 0.5) is 0 Å². The molecule has 1 N–H and O–H groups in total. The number of hydrogen-bond acceptors (Lipinski definition) is 3. The van der Waals surface area contributed by atoms with E-state index in [2.05, 4.69) is 29.2 Å². The second-order valence-corrected chi connectivity index (χ2v) is 5.58. The van der Waals surface area contributed by atoms with Gasteiger partial charge in [0.15, 0.2) is 0 Å². The highest BCUT2D eigenvalue weighted by atomic mass is 35.5. The van der Waals surface area contributed by atoms with Crippen LogP contribution in [-0.4, -0.2) is 21.8 Å². The molecule has 2 rings (SSSR count). The van der Waals surface area contributed by atoms with Crippen LogP contribution in [0.3, 0.4) is 0 Å². The van der Waals surface area contributed by atoms with Crippen LogP contribution in [0.25, 0.3) is 0 Å². The lowest BCUT2D eigenvalue weighted by molar-refractivity contribution is 0.531. The van der Waals surface area contributed by atoms with E-state index in [0.717, 1.165) is 35.1 Å². The molecule has 4 nitrogen and oxygen atoms in total. The molecule has 0 aromatic carbocycles. The Morgan fingerprint density at radius 2 is 2.10 bits per heavy atom. The highest BCUT2D eigenvalue weighted by Crippen LogP contribution is 2.28. The van der Waals surface area contributed by atoms with Crippen molar-refractivity contribution < 1.29 is 0 Å². The molecule has 2 heterocycles. The summed E-state index contributed by atoms with van der Waals surface area (Å²) < 4.78 is 1.96. The Morgan fingerprint density at radius 3 is 2.67 bits per heavy atom. The van der Waals surface area contributed by atoms with Gasteiger partial charge in [-0.25, -0.2) is 0 Å². The molecule has 0 fully saturated rings. The van der Waals surface area contributed by atoms with E-state index in [1.54, 1.807) is 6.20 Å². The highest BCUT2D eigenvalue weighted by molar-refractivity contribution is 6.32. The summed E-state index contributed by atoms with van der Waals surface area (Å²) in [6, 6.07) is 3.68. The van der Waals surface area contributed by atoms with Crippen molar-refractivity contribution in [2.45, 2.75) is 39.3 Å². The minimum atomic E-state index is 0.00269. The Kier molecular flexibility index (Phi) is 5.62. The van der Waals surface area contributed by atoms with E-state index in [1.165, 1.54) is 0 Å². The summed E-state index contributed by atoms with van der Waals surface area (Å²) >= 11 is 12.7. The van der Waals surface area contributed by atoms with Gasteiger partial charge in [-0.2, -0.15) is 5.10 Å². The van der Waals surface area contributed by atoms with Crippen molar-refractivity contribution in [1.82, 2.24) is 20.1 Å². The molecular formula is C15H20Cl2N4. The average molecular weight is 327 g/mol. The first-order chi connectivity index (χ1) is 10.1. The standard InChI is InChI=1S/C15H20Cl2N4/c1-4-11-14(17)13(21(5-2)20-11)9-12(18-3)15-10(16)7-6-8-19-15/h6-8,12,18H,4-5,9H2,1-3H3. The van der Waals surface area contributed by atoms with Crippen molar-refractivity contribution >= 4 is 23.2 Å². The van der Waals surface area contributed by atoms with Crippen LogP contribution in [-0.2, 0) is 19.4 Å². The van der Waals surface area contributed by atoms with Crippen LogP contribution in [0.5, 0.6) is 0 Å². The van der Waals surface area contributed by atoms with Crippen molar-refractivity contribution in [3.05, 3.63) is 45.5 Å². The van der Waals surface area contributed by atoms with E-state index in [1.807, 2.05) is 23.9 Å². The quantitative estimate of drug-likeness (QED) is 0.880. The van der Waals surface area contributed by atoms with Crippen molar-refractivity contribution in [3.63, 3.8) is 0 Å². The topological polar surface area (TPSA) is 42.7 Å². The van der Waals surface area contributed by atoms with Gasteiger partial charge in [0.1, 0.15) is 0 Å². The fourth-order valence-corrected chi connectivity index (χ4v) is 2.99. The number of nitrogens with zero attached hydrogens (tertiary/aromatic N) is 3. The second-order valence-electron chi connectivity index (χ2n) is 4.79. The third-order valence-electron chi connectivity index (χ3n) is 3.56. The van der Waals surface area contributed by atoms with E-state index in [4.69, 9.17) is 23.2 Å². The Morgan fingerprint density at radius 1 is 1.33 bits per heavy atom. The number of hydrogen-bond donors (Lipinski definition) is 1. The lowest BCUT2D eigenvalue weighted by Crippen LogP contribution is -2.22. The number of aryl methyl sites for hydroxylation is 2. The molecule has 6 heteroatoms. The van der Waals surface area contributed by atoms with Gasteiger partial charge in [0, 0.05) is 19.2 Å². The minimum absolute atomic E-state index is 0.00269. The molecule has 0 aliphatic rings. The highest BCUT2D eigenvalue weighted by Gasteiger charge is 2.21. The first-order valence-corrected chi connectivity index (χ1v) is 7.89. The second kappa shape index (κ2) is 7.25. The largest absolute Gasteiger partial charge is 0.311 e. The third kappa shape index (κ3) is 3.39. The molecule has 0 radical (unpaired) electrons. The fourth-order valence-electron chi connectivity index (χ4n) is 2.40. The zero-order valence-electron chi connectivity index (χ0n) is 12.5. The van der Waals surface area contributed by atoms with E-state index in [0.29, 0.717) is 11.4 Å².